The van der Waals surface area contributed by atoms with E-state index < -0.39 is 18.1 Å². The number of carbonyl (C=O) groups is 1. The number of nitrogens with zero attached hydrogens (tertiary/aromatic N) is 1. The summed E-state index contributed by atoms with van der Waals surface area (Å²) in [6.07, 6.45) is -2.77. The van der Waals surface area contributed by atoms with E-state index in [4.69, 9.17) is 11.6 Å². The van der Waals surface area contributed by atoms with E-state index in [9.17, 15) is 13.6 Å². The van der Waals surface area contributed by atoms with Gasteiger partial charge >= 0.3 is 5.97 Å². The monoisotopic (exact) mass is 235 g/mol. The molecule has 82 valence electrons. The first kappa shape index (κ1) is 11.8. The minimum Gasteiger partial charge on any atom is -0.465 e. The van der Waals surface area contributed by atoms with Crippen molar-refractivity contribution in [3.63, 3.8) is 0 Å². The maximum Gasteiger partial charge on any atom is 0.338 e. The van der Waals surface area contributed by atoms with Gasteiger partial charge in [0.25, 0.3) is 6.43 Å². The highest BCUT2D eigenvalue weighted by Crippen LogP contribution is 2.24. The van der Waals surface area contributed by atoms with Gasteiger partial charge in [0.05, 0.1) is 12.7 Å². The number of carbonyl (C=O) groups excluding carboxylic acids is 1. The van der Waals surface area contributed by atoms with Gasteiger partial charge in [0.15, 0.2) is 0 Å². The number of halogens is 3. The van der Waals surface area contributed by atoms with Crippen LogP contribution in [0.5, 0.6) is 0 Å². The molecule has 0 aliphatic heterocycles. The van der Waals surface area contributed by atoms with E-state index in [1.165, 1.54) is 6.92 Å². The van der Waals surface area contributed by atoms with Crippen molar-refractivity contribution in [1.82, 2.24) is 4.98 Å². The lowest BCUT2D eigenvalue weighted by atomic mass is 10.1. The largest absolute Gasteiger partial charge is 0.465 e. The molecule has 0 fully saturated rings. The first-order chi connectivity index (χ1) is 6.97. The van der Waals surface area contributed by atoms with E-state index in [-0.39, 0.29) is 10.7 Å². The highest BCUT2D eigenvalue weighted by molar-refractivity contribution is 6.30. The normalized spacial score (nSPS) is 10.5. The summed E-state index contributed by atoms with van der Waals surface area (Å²) in [5.74, 6) is -0.710. The molecule has 0 aliphatic rings. The van der Waals surface area contributed by atoms with Crippen molar-refractivity contribution in [3.8, 4) is 0 Å². The summed E-state index contributed by atoms with van der Waals surface area (Å²) in [5.41, 5.74) is -0.202. The Morgan fingerprint density at radius 1 is 1.60 bits per heavy atom. The van der Waals surface area contributed by atoms with Crippen LogP contribution in [0.2, 0.25) is 5.15 Å². The van der Waals surface area contributed by atoms with E-state index in [0.717, 1.165) is 13.2 Å². The maximum atomic E-state index is 12.4. The van der Waals surface area contributed by atoms with Gasteiger partial charge in [0, 0.05) is 5.56 Å². The van der Waals surface area contributed by atoms with Crippen molar-refractivity contribution in [3.05, 3.63) is 28.0 Å². The molecule has 0 amide bonds. The van der Waals surface area contributed by atoms with Crippen LogP contribution in [0.15, 0.2) is 6.07 Å². The molecule has 0 aromatic carbocycles. The van der Waals surface area contributed by atoms with Crippen molar-refractivity contribution in [2.45, 2.75) is 13.3 Å². The predicted molar refractivity (Wildman–Crippen MR) is 50.3 cm³/mol. The molecule has 0 spiro atoms. The second-order valence-corrected chi connectivity index (χ2v) is 3.16. The maximum absolute atomic E-state index is 12.4. The lowest BCUT2D eigenvalue weighted by Gasteiger charge is -2.07. The second kappa shape index (κ2) is 4.53. The number of hydrogen-bond acceptors (Lipinski definition) is 3. The van der Waals surface area contributed by atoms with Gasteiger partial charge in [-0.05, 0) is 13.0 Å². The molecule has 0 atom stereocenters. The van der Waals surface area contributed by atoms with Crippen LogP contribution in [-0.2, 0) is 4.74 Å². The van der Waals surface area contributed by atoms with Crippen LogP contribution in [0.25, 0.3) is 0 Å². The average molecular weight is 236 g/mol. The number of alkyl halides is 2. The molecule has 1 rings (SSSR count). The quantitative estimate of drug-likeness (QED) is 0.585. The van der Waals surface area contributed by atoms with Gasteiger partial charge in [-0.25, -0.2) is 18.6 Å². The summed E-state index contributed by atoms with van der Waals surface area (Å²) in [5, 5.41) is -0.117. The third kappa shape index (κ3) is 2.41. The first-order valence-electron chi connectivity index (χ1n) is 4.01. The smallest absolute Gasteiger partial charge is 0.338 e. The zero-order valence-electron chi connectivity index (χ0n) is 8.05. The van der Waals surface area contributed by atoms with Crippen molar-refractivity contribution >= 4 is 17.6 Å². The average Bonchev–Trinajstić information content (AvgIpc) is 2.20. The van der Waals surface area contributed by atoms with E-state index in [1.807, 2.05) is 0 Å². The Kier molecular flexibility index (Phi) is 3.57. The standard InChI is InChI=1S/C9H8ClF2NO2/c1-4-5(9(14)15-2)3-6(8(11)12)13-7(4)10/h3,8H,1-2H3. The molecule has 6 heteroatoms. The van der Waals surface area contributed by atoms with Gasteiger partial charge in [-0.3, -0.25) is 0 Å². The highest BCUT2D eigenvalue weighted by Gasteiger charge is 2.18. The van der Waals surface area contributed by atoms with Gasteiger partial charge in [0.1, 0.15) is 10.8 Å². The molecule has 1 aromatic rings. The Hall–Kier alpha value is -1.23. The van der Waals surface area contributed by atoms with Crippen LogP contribution >= 0.6 is 11.6 Å². The zero-order chi connectivity index (χ0) is 11.6. The van der Waals surface area contributed by atoms with Crippen molar-refractivity contribution < 1.29 is 18.3 Å². The molecule has 0 saturated heterocycles. The molecule has 0 radical (unpaired) electrons. The Morgan fingerprint density at radius 2 is 2.20 bits per heavy atom. The number of esters is 1. The van der Waals surface area contributed by atoms with Gasteiger partial charge in [-0.1, -0.05) is 11.6 Å². The Balaban J connectivity index is 3.31. The zero-order valence-corrected chi connectivity index (χ0v) is 8.81. The van der Waals surface area contributed by atoms with E-state index in [1.54, 1.807) is 0 Å². The van der Waals surface area contributed by atoms with Crippen LogP contribution in [0, 0.1) is 6.92 Å². The molecule has 0 saturated carbocycles. The fourth-order valence-electron chi connectivity index (χ4n) is 1.03. The van der Waals surface area contributed by atoms with Crippen LogP contribution in [-0.4, -0.2) is 18.1 Å². The molecule has 0 N–H and O–H groups in total. The lowest BCUT2D eigenvalue weighted by Crippen LogP contribution is -2.07. The minimum atomic E-state index is -2.77. The van der Waals surface area contributed by atoms with Crippen LogP contribution in [0.4, 0.5) is 8.78 Å². The Bertz CT molecular complexity index is 396. The summed E-state index contributed by atoms with van der Waals surface area (Å²) in [6.45, 7) is 1.51. The van der Waals surface area contributed by atoms with Gasteiger partial charge in [0.2, 0.25) is 0 Å². The topological polar surface area (TPSA) is 39.2 Å². The van der Waals surface area contributed by atoms with Crippen LogP contribution in [0.3, 0.4) is 0 Å². The SMILES string of the molecule is COC(=O)c1cc(C(F)F)nc(Cl)c1C. The molecule has 3 nitrogen and oxygen atoms in total. The van der Waals surface area contributed by atoms with E-state index in [2.05, 4.69) is 9.72 Å². The van der Waals surface area contributed by atoms with Crippen molar-refractivity contribution in [2.24, 2.45) is 0 Å². The molecule has 0 unspecified atom stereocenters. The lowest BCUT2D eigenvalue weighted by molar-refractivity contribution is 0.0599. The number of pyridine rings is 1. The number of aromatic nitrogens is 1. The van der Waals surface area contributed by atoms with E-state index >= 15 is 0 Å². The van der Waals surface area contributed by atoms with Gasteiger partial charge < -0.3 is 4.74 Å². The minimum absolute atomic E-state index is 0.00722. The molecule has 1 heterocycles. The molecular formula is C9H8ClF2NO2. The van der Waals surface area contributed by atoms with E-state index in [0.29, 0.717) is 5.56 Å². The summed E-state index contributed by atoms with van der Waals surface area (Å²) in [7, 11) is 1.16. The number of methoxy groups -OCH3 is 1. The van der Waals surface area contributed by atoms with Crippen molar-refractivity contribution in [1.29, 1.82) is 0 Å². The molecule has 15 heavy (non-hydrogen) atoms. The molecule has 1 aromatic heterocycles. The number of hydrogen-bond donors (Lipinski definition) is 0. The predicted octanol–water partition coefficient (Wildman–Crippen LogP) is 2.77. The van der Waals surface area contributed by atoms with Crippen molar-refractivity contribution in [2.75, 3.05) is 7.11 Å². The van der Waals surface area contributed by atoms with Crippen LogP contribution < -0.4 is 0 Å². The fourth-order valence-corrected chi connectivity index (χ4v) is 1.23. The van der Waals surface area contributed by atoms with Crippen LogP contribution in [0.1, 0.15) is 28.0 Å². The summed E-state index contributed by atoms with van der Waals surface area (Å²) in [6, 6.07) is 0.984. The molecular weight excluding hydrogens is 228 g/mol. The summed E-state index contributed by atoms with van der Waals surface area (Å²) in [4.78, 5) is 14.7. The Morgan fingerprint density at radius 3 is 2.67 bits per heavy atom. The van der Waals surface area contributed by atoms with Gasteiger partial charge in [-0.15, -0.1) is 0 Å². The third-order valence-electron chi connectivity index (χ3n) is 1.86. The fraction of sp³-hybridized carbons (Fsp3) is 0.333. The summed E-state index contributed by atoms with van der Waals surface area (Å²) >= 11 is 5.61. The number of rotatable bonds is 2. The van der Waals surface area contributed by atoms with Gasteiger partial charge in [-0.2, -0.15) is 0 Å². The Labute approximate surface area is 90.0 Å². The highest BCUT2D eigenvalue weighted by atomic mass is 35.5. The first-order valence-corrected chi connectivity index (χ1v) is 4.38. The second-order valence-electron chi connectivity index (χ2n) is 2.80. The summed E-state index contributed by atoms with van der Waals surface area (Å²) < 4.78 is 29.1. The molecule has 0 aliphatic carbocycles. The number of ether oxygens (including phenoxy) is 1. The molecule has 0 bridgehead atoms. The third-order valence-corrected chi connectivity index (χ3v) is 2.23.